The molecule has 86 valence electrons. The first-order chi connectivity index (χ1) is 7.28. The Morgan fingerprint density at radius 2 is 2.00 bits per heavy atom. The van der Waals surface area contributed by atoms with Crippen LogP contribution in [0.15, 0.2) is 16.7 Å². The lowest BCUT2D eigenvalue weighted by Gasteiger charge is -2.24. The maximum atomic E-state index is 5.65. The molecule has 0 radical (unpaired) electrons. The van der Waals surface area contributed by atoms with E-state index in [-0.39, 0.29) is 6.04 Å². The highest BCUT2D eigenvalue weighted by Crippen LogP contribution is 2.29. The van der Waals surface area contributed by atoms with Crippen molar-refractivity contribution < 1.29 is 4.42 Å². The van der Waals surface area contributed by atoms with E-state index in [2.05, 4.69) is 26.2 Å². The summed E-state index contributed by atoms with van der Waals surface area (Å²) in [6, 6.07) is 2.25. The van der Waals surface area contributed by atoms with Crippen LogP contribution in [-0.2, 0) is 6.42 Å². The van der Waals surface area contributed by atoms with Gasteiger partial charge < -0.3 is 4.42 Å². The van der Waals surface area contributed by atoms with E-state index in [1.54, 1.807) is 6.26 Å². The van der Waals surface area contributed by atoms with Crippen LogP contribution >= 0.6 is 0 Å². The molecule has 0 saturated heterocycles. The normalized spacial score (nSPS) is 13.4. The van der Waals surface area contributed by atoms with Gasteiger partial charge >= 0.3 is 0 Å². The van der Waals surface area contributed by atoms with E-state index < -0.39 is 0 Å². The van der Waals surface area contributed by atoms with Crippen molar-refractivity contribution in [2.24, 2.45) is 11.8 Å². The SMILES string of the molecule is CCc1occc1C(NN)C(CC)CC. The van der Waals surface area contributed by atoms with Gasteiger partial charge in [-0.05, 0) is 12.0 Å². The highest BCUT2D eigenvalue weighted by molar-refractivity contribution is 5.22. The lowest BCUT2D eigenvalue weighted by Crippen LogP contribution is -2.33. The first-order valence-corrected chi connectivity index (χ1v) is 5.80. The second-order valence-corrected chi connectivity index (χ2v) is 3.87. The van der Waals surface area contributed by atoms with Gasteiger partial charge in [-0.1, -0.05) is 33.6 Å². The molecule has 0 aromatic carbocycles. The number of hydrazine groups is 1. The smallest absolute Gasteiger partial charge is 0.108 e. The molecule has 3 nitrogen and oxygen atoms in total. The Morgan fingerprint density at radius 3 is 2.47 bits per heavy atom. The van der Waals surface area contributed by atoms with Crippen LogP contribution in [0.25, 0.3) is 0 Å². The summed E-state index contributed by atoms with van der Waals surface area (Å²) in [4.78, 5) is 0. The third-order valence-corrected chi connectivity index (χ3v) is 3.14. The molecule has 15 heavy (non-hydrogen) atoms. The molecule has 3 heteroatoms. The van der Waals surface area contributed by atoms with Gasteiger partial charge in [0.15, 0.2) is 0 Å². The predicted molar refractivity (Wildman–Crippen MR) is 62.2 cm³/mol. The molecular weight excluding hydrogens is 188 g/mol. The fourth-order valence-corrected chi connectivity index (χ4v) is 2.15. The maximum absolute atomic E-state index is 5.65. The van der Waals surface area contributed by atoms with Crippen LogP contribution < -0.4 is 11.3 Å². The largest absolute Gasteiger partial charge is 0.469 e. The topological polar surface area (TPSA) is 51.2 Å². The molecule has 3 N–H and O–H groups in total. The lowest BCUT2D eigenvalue weighted by molar-refractivity contribution is 0.339. The van der Waals surface area contributed by atoms with Crippen molar-refractivity contribution in [1.29, 1.82) is 0 Å². The molecular formula is C12H22N2O. The Kier molecular flexibility index (Phi) is 4.85. The fraction of sp³-hybridized carbons (Fsp3) is 0.667. The molecule has 0 amide bonds. The minimum absolute atomic E-state index is 0.216. The molecule has 1 rings (SSSR count). The molecule has 1 unspecified atom stereocenters. The fourth-order valence-electron chi connectivity index (χ4n) is 2.15. The lowest BCUT2D eigenvalue weighted by atomic mass is 9.89. The molecule has 0 aliphatic heterocycles. The number of aryl methyl sites for hydroxylation is 1. The van der Waals surface area contributed by atoms with Crippen LogP contribution in [0, 0.1) is 5.92 Å². The summed E-state index contributed by atoms with van der Waals surface area (Å²) in [5.41, 5.74) is 4.14. The predicted octanol–water partition coefficient (Wildman–Crippen LogP) is 2.78. The second kappa shape index (κ2) is 5.93. The zero-order chi connectivity index (χ0) is 11.3. The van der Waals surface area contributed by atoms with Gasteiger partial charge in [-0.3, -0.25) is 11.3 Å². The summed E-state index contributed by atoms with van der Waals surface area (Å²) in [6.45, 7) is 6.50. The van der Waals surface area contributed by atoms with Crippen LogP contribution in [0.2, 0.25) is 0 Å². The summed E-state index contributed by atoms with van der Waals surface area (Å²) in [5.74, 6) is 7.26. The first kappa shape index (κ1) is 12.3. The molecule has 1 atom stereocenters. The van der Waals surface area contributed by atoms with Gasteiger partial charge in [-0.2, -0.15) is 0 Å². The molecule has 1 aromatic rings. The Hall–Kier alpha value is -0.800. The highest BCUT2D eigenvalue weighted by atomic mass is 16.3. The Bertz CT molecular complexity index is 279. The van der Waals surface area contributed by atoms with Crippen molar-refractivity contribution in [3.05, 3.63) is 23.7 Å². The van der Waals surface area contributed by atoms with E-state index in [1.165, 1.54) is 5.56 Å². The van der Waals surface area contributed by atoms with Crippen molar-refractivity contribution in [1.82, 2.24) is 5.43 Å². The maximum Gasteiger partial charge on any atom is 0.108 e. The van der Waals surface area contributed by atoms with Gasteiger partial charge in [0.1, 0.15) is 5.76 Å². The van der Waals surface area contributed by atoms with Crippen LogP contribution in [-0.4, -0.2) is 0 Å². The van der Waals surface area contributed by atoms with E-state index >= 15 is 0 Å². The molecule has 0 fully saturated rings. The number of nitrogens with two attached hydrogens (primary N) is 1. The van der Waals surface area contributed by atoms with E-state index in [4.69, 9.17) is 10.3 Å². The monoisotopic (exact) mass is 210 g/mol. The summed E-state index contributed by atoms with van der Waals surface area (Å²) in [6.07, 6.45) is 4.92. The van der Waals surface area contributed by atoms with Crippen molar-refractivity contribution in [3.8, 4) is 0 Å². The van der Waals surface area contributed by atoms with Crippen LogP contribution in [0.3, 0.4) is 0 Å². The summed E-state index contributed by atoms with van der Waals surface area (Å²) in [5, 5.41) is 0. The second-order valence-electron chi connectivity index (χ2n) is 3.87. The minimum atomic E-state index is 0.216. The quantitative estimate of drug-likeness (QED) is 0.560. The summed E-state index contributed by atoms with van der Waals surface area (Å²) in [7, 11) is 0. The molecule has 0 aliphatic carbocycles. The molecule has 0 saturated carbocycles. The number of hydrogen-bond donors (Lipinski definition) is 2. The van der Waals surface area contributed by atoms with Gasteiger partial charge in [0.2, 0.25) is 0 Å². The molecule has 0 bridgehead atoms. The Morgan fingerprint density at radius 1 is 1.33 bits per heavy atom. The molecule has 0 aliphatic rings. The minimum Gasteiger partial charge on any atom is -0.469 e. The zero-order valence-electron chi connectivity index (χ0n) is 9.92. The van der Waals surface area contributed by atoms with E-state index in [0.717, 1.165) is 25.0 Å². The summed E-state index contributed by atoms with van der Waals surface area (Å²) < 4.78 is 5.44. The van der Waals surface area contributed by atoms with Crippen molar-refractivity contribution in [3.63, 3.8) is 0 Å². The number of hydrogen-bond acceptors (Lipinski definition) is 3. The van der Waals surface area contributed by atoms with Gasteiger partial charge in [-0.25, -0.2) is 0 Å². The van der Waals surface area contributed by atoms with Gasteiger partial charge in [0.25, 0.3) is 0 Å². The summed E-state index contributed by atoms with van der Waals surface area (Å²) >= 11 is 0. The zero-order valence-corrected chi connectivity index (χ0v) is 9.92. The van der Waals surface area contributed by atoms with Crippen LogP contribution in [0.5, 0.6) is 0 Å². The van der Waals surface area contributed by atoms with Crippen LogP contribution in [0.1, 0.15) is 51.0 Å². The van der Waals surface area contributed by atoms with E-state index in [9.17, 15) is 0 Å². The molecule has 0 spiro atoms. The third kappa shape index (κ3) is 2.61. The average molecular weight is 210 g/mol. The van der Waals surface area contributed by atoms with Crippen molar-refractivity contribution in [2.45, 2.75) is 46.1 Å². The molecule has 1 aromatic heterocycles. The first-order valence-electron chi connectivity index (χ1n) is 5.80. The number of rotatable bonds is 6. The highest BCUT2D eigenvalue weighted by Gasteiger charge is 2.22. The molecule has 1 heterocycles. The Labute approximate surface area is 92.0 Å². The van der Waals surface area contributed by atoms with Gasteiger partial charge in [0.05, 0.1) is 12.3 Å². The van der Waals surface area contributed by atoms with Crippen molar-refractivity contribution >= 4 is 0 Å². The van der Waals surface area contributed by atoms with Crippen LogP contribution in [0.4, 0.5) is 0 Å². The average Bonchev–Trinajstić information content (AvgIpc) is 2.73. The Balaban J connectivity index is 2.90. The number of nitrogens with one attached hydrogen (secondary N) is 1. The number of furan rings is 1. The van der Waals surface area contributed by atoms with E-state index in [0.29, 0.717) is 5.92 Å². The van der Waals surface area contributed by atoms with Crippen molar-refractivity contribution in [2.75, 3.05) is 0 Å². The third-order valence-electron chi connectivity index (χ3n) is 3.14. The van der Waals surface area contributed by atoms with Gasteiger partial charge in [-0.15, -0.1) is 0 Å². The van der Waals surface area contributed by atoms with Gasteiger partial charge in [0, 0.05) is 12.0 Å². The standard InChI is InChI=1S/C12H22N2O/c1-4-9(5-2)12(14-13)10-7-8-15-11(10)6-3/h7-9,12,14H,4-6,13H2,1-3H3. The van der Waals surface area contributed by atoms with E-state index in [1.807, 2.05) is 6.07 Å².